The number of ether oxygens (including phenoxy) is 2. The minimum Gasteiger partial charge on any atom is -0.496 e. The second-order valence-electron chi connectivity index (χ2n) is 4.37. The molecule has 0 spiro atoms. The minimum atomic E-state index is 0.180. The maximum atomic E-state index is 5.80. The molecule has 1 aliphatic heterocycles. The van der Waals surface area contributed by atoms with Crippen molar-refractivity contribution in [2.24, 2.45) is 0 Å². The summed E-state index contributed by atoms with van der Waals surface area (Å²) >= 11 is 1.72. The Bertz CT molecular complexity index is 400. The van der Waals surface area contributed by atoms with Crippen molar-refractivity contribution in [2.75, 3.05) is 20.3 Å². The molecule has 0 bridgehead atoms. The summed E-state index contributed by atoms with van der Waals surface area (Å²) in [6.45, 7) is 4.00. The molecule has 1 aromatic rings. The van der Waals surface area contributed by atoms with Crippen LogP contribution in [0.5, 0.6) is 5.75 Å². The van der Waals surface area contributed by atoms with Crippen molar-refractivity contribution in [3.05, 3.63) is 28.2 Å². The van der Waals surface area contributed by atoms with Crippen molar-refractivity contribution in [2.45, 2.75) is 32.2 Å². The Hall–Kier alpha value is -1.00. The Labute approximate surface area is 113 Å². The van der Waals surface area contributed by atoms with Crippen molar-refractivity contribution < 1.29 is 9.47 Å². The number of thiophene rings is 1. The lowest BCUT2D eigenvalue weighted by Crippen LogP contribution is -2.25. The summed E-state index contributed by atoms with van der Waals surface area (Å²) in [5, 5.41) is 5.60. The number of hydrogen-bond donors (Lipinski definition) is 1. The highest BCUT2D eigenvalue weighted by molar-refractivity contribution is 7.10. The van der Waals surface area contributed by atoms with Crippen LogP contribution in [0.3, 0.4) is 0 Å². The van der Waals surface area contributed by atoms with Crippen LogP contribution in [0.25, 0.3) is 0 Å². The van der Waals surface area contributed by atoms with Gasteiger partial charge in [-0.15, -0.1) is 11.3 Å². The van der Waals surface area contributed by atoms with E-state index in [-0.39, 0.29) is 6.04 Å². The van der Waals surface area contributed by atoms with E-state index in [4.69, 9.17) is 9.47 Å². The summed E-state index contributed by atoms with van der Waals surface area (Å²) in [5.41, 5.74) is 0. The van der Waals surface area contributed by atoms with Crippen molar-refractivity contribution in [3.63, 3.8) is 0 Å². The monoisotopic (exact) mass is 267 g/mol. The molecule has 4 heteroatoms. The van der Waals surface area contributed by atoms with Gasteiger partial charge >= 0.3 is 0 Å². The molecule has 1 aromatic heterocycles. The Morgan fingerprint density at radius 1 is 1.56 bits per heavy atom. The zero-order valence-electron chi connectivity index (χ0n) is 11.1. The number of hydrogen-bond acceptors (Lipinski definition) is 4. The molecule has 0 saturated carbocycles. The topological polar surface area (TPSA) is 30.5 Å². The molecule has 0 saturated heterocycles. The molecular formula is C14H21NO2S. The lowest BCUT2D eigenvalue weighted by molar-refractivity contribution is 0.168. The fraction of sp³-hybridized carbons (Fsp3) is 0.571. The van der Waals surface area contributed by atoms with Gasteiger partial charge in [-0.2, -0.15) is 0 Å². The minimum absolute atomic E-state index is 0.180. The van der Waals surface area contributed by atoms with E-state index in [9.17, 15) is 0 Å². The average molecular weight is 267 g/mol. The number of nitrogens with one attached hydrogen (secondary N) is 1. The first-order valence-electron chi connectivity index (χ1n) is 6.53. The van der Waals surface area contributed by atoms with E-state index >= 15 is 0 Å². The van der Waals surface area contributed by atoms with Crippen LogP contribution >= 0.6 is 11.3 Å². The highest BCUT2D eigenvalue weighted by atomic mass is 32.1. The van der Waals surface area contributed by atoms with Gasteiger partial charge in [-0.05, 0) is 37.9 Å². The second-order valence-corrected chi connectivity index (χ2v) is 5.32. The van der Waals surface area contributed by atoms with Crippen LogP contribution < -0.4 is 10.1 Å². The van der Waals surface area contributed by atoms with Gasteiger partial charge in [0, 0.05) is 10.3 Å². The average Bonchev–Trinajstić information content (AvgIpc) is 2.89. The molecule has 0 fully saturated rings. The third kappa shape index (κ3) is 3.27. The van der Waals surface area contributed by atoms with Gasteiger partial charge in [-0.3, -0.25) is 0 Å². The molecule has 0 aromatic carbocycles. The molecule has 1 N–H and O–H groups in total. The number of allylic oxidation sites excluding steroid dienone is 1. The van der Waals surface area contributed by atoms with E-state index in [2.05, 4.69) is 24.4 Å². The molecule has 0 aliphatic carbocycles. The summed E-state index contributed by atoms with van der Waals surface area (Å²) in [7, 11) is 1.71. The van der Waals surface area contributed by atoms with E-state index < -0.39 is 0 Å². The third-order valence-corrected chi connectivity index (χ3v) is 3.94. The predicted octanol–water partition coefficient (Wildman–Crippen LogP) is 3.49. The lowest BCUT2D eigenvalue weighted by atomic mass is 10.1. The molecule has 1 atom stereocenters. The van der Waals surface area contributed by atoms with Crippen LogP contribution in [0.15, 0.2) is 23.3 Å². The van der Waals surface area contributed by atoms with Gasteiger partial charge in [0.1, 0.15) is 11.5 Å². The third-order valence-electron chi connectivity index (χ3n) is 2.96. The molecular weight excluding hydrogens is 246 g/mol. The zero-order chi connectivity index (χ0) is 12.8. The van der Waals surface area contributed by atoms with Gasteiger partial charge in [-0.1, -0.05) is 6.92 Å². The molecule has 18 heavy (non-hydrogen) atoms. The summed E-state index contributed by atoms with van der Waals surface area (Å²) in [6, 6.07) is 2.27. The maximum Gasteiger partial charge on any atom is 0.129 e. The van der Waals surface area contributed by atoms with Crippen molar-refractivity contribution in [1.29, 1.82) is 0 Å². The standard InChI is InChI=1S/C14H21NO2S/c1-3-7-15-14(12-6-4-5-8-17-12)13-9-11(16-2)10-18-13/h6,9-10,14-15H,3-5,7-8H2,1-2H3. The first-order chi connectivity index (χ1) is 8.85. The lowest BCUT2D eigenvalue weighted by Gasteiger charge is -2.23. The molecule has 3 nitrogen and oxygen atoms in total. The number of rotatable bonds is 6. The van der Waals surface area contributed by atoms with E-state index in [0.717, 1.165) is 43.9 Å². The molecule has 100 valence electrons. The summed E-state index contributed by atoms with van der Waals surface area (Å²) in [5.74, 6) is 1.99. The van der Waals surface area contributed by atoms with E-state index in [1.165, 1.54) is 4.88 Å². The van der Waals surface area contributed by atoms with Gasteiger partial charge in [0.25, 0.3) is 0 Å². The Morgan fingerprint density at radius 2 is 2.44 bits per heavy atom. The highest BCUT2D eigenvalue weighted by Crippen LogP contribution is 2.33. The molecule has 0 radical (unpaired) electrons. The molecule has 2 rings (SSSR count). The first-order valence-corrected chi connectivity index (χ1v) is 7.41. The second kappa shape index (κ2) is 6.81. The highest BCUT2D eigenvalue weighted by Gasteiger charge is 2.21. The fourth-order valence-corrected chi connectivity index (χ4v) is 2.94. The predicted molar refractivity (Wildman–Crippen MR) is 75.2 cm³/mol. The van der Waals surface area contributed by atoms with Crippen LogP contribution in [0.4, 0.5) is 0 Å². The molecule has 0 amide bonds. The quantitative estimate of drug-likeness (QED) is 0.856. The van der Waals surface area contributed by atoms with Crippen molar-refractivity contribution >= 4 is 11.3 Å². The summed E-state index contributed by atoms with van der Waals surface area (Å²) in [6.07, 6.45) is 5.56. The van der Waals surface area contributed by atoms with Crippen LogP contribution in [-0.4, -0.2) is 20.3 Å². The van der Waals surface area contributed by atoms with Gasteiger partial charge in [-0.25, -0.2) is 0 Å². The van der Waals surface area contributed by atoms with Gasteiger partial charge in [0.05, 0.1) is 19.8 Å². The van der Waals surface area contributed by atoms with Crippen LogP contribution in [0.1, 0.15) is 37.1 Å². The Morgan fingerprint density at radius 3 is 3.06 bits per heavy atom. The van der Waals surface area contributed by atoms with Gasteiger partial charge < -0.3 is 14.8 Å². The van der Waals surface area contributed by atoms with E-state index in [0.29, 0.717) is 0 Å². The SMILES string of the molecule is CCCNC(C1=CCCCO1)c1cc(OC)cs1. The Kier molecular flexibility index (Phi) is 5.08. The number of methoxy groups -OCH3 is 1. The van der Waals surface area contributed by atoms with Gasteiger partial charge in [0.2, 0.25) is 0 Å². The normalized spacial score (nSPS) is 16.9. The zero-order valence-corrected chi connectivity index (χ0v) is 11.9. The van der Waals surface area contributed by atoms with E-state index in [1.54, 1.807) is 18.4 Å². The summed E-state index contributed by atoms with van der Waals surface area (Å²) in [4.78, 5) is 1.26. The van der Waals surface area contributed by atoms with Crippen LogP contribution in [0, 0.1) is 0 Å². The van der Waals surface area contributed by atoms with Crippen LogP contribution in [0.2, 0.25) is 0 Å². The summed E-state index contributed by atoms with van der Waals surface area (Å²) < 4.78 is 11.1. The van der Waals surface area contributed by atoms with Gasteiger partial charge in [0.15, 0.2) is 0 Å². The molecule has 1 unspecified atom stereocenters. The van der Waals surface area contributed by atoms with Crippen molar-refractivity contribution in [1.82, 2.24) is 5.32 Å². The fourth-order valence-electron chi connectivity index (χ4n) is 2.00. The largest absolute Gasteiger partial charge is 0.496 e. The van der Waals surface area contributed by atoms with Crippen molar-refractivity contribution in [3.8, 4) is 5.75 Å². The molecule has 1 aliphatic rings. The van der Waals surface area contributed by atoms with Crippen LogP contribution in [-0.2, 0) is 4.74 Å². The smallest absolute Gasteiger partial charge is 0.129 e. The maximum absolute atomic E-state index is 5.80. The van der Waals surface area contributed by atoms with E-state index in [1.807, 2.05) is 5.38 Å². The first kappa shape index (κ1) is 13.4. The Balaban J connectivity index is 2.15. The molecule has 2 heterocycles.